The van der Waals surface area contributed by atoms with Crippen LogP contribution >= 0.6 is 0 Å². The summed E-state index contributed by atoms with van der Waals surface area (Å²) in [7, 11) is 0. The maximum atomic E-state index is 11.9. The van der Waals surface area contributed by atoms with Crippen LogP contribution in [-0.4, -0.2) is 27.9 Å². The fraction of sp³-hybridized carbons (Fsp3) is 0.429. The van der Waals surface area contributed by atoms with Crippen LogP contribution in [0, 0.1) is 0 Å². The van der Waals surface area contributed by atoms with Gasteiger partial charge in [0.05, 0.1) is 12.5 Å². The van der Waals surface area contributed by atoms with Crippen molar-refractivity contribution in [1.29, 1.82) is 0 Å². The van der Waals surface area contributed by atoms with Crippen LogP contribution in [-0.2, 0) is 9.59 Å². The van der Waals surface area contributed by atoms with Crippen molar-refractivity contribution < 1.29 is 14.7 Å². The zero-order valence-electron chi connectivity index (χ0n) is 10.4. The van der Waals surface area contributed by atoms with E-state index < -0.39 is 5.97 Å². The number of amides is 1. The van der Waals surface area contributed by atoms with Crippen LogP contribution in [0.1, 0.15) is 37.8 Å². The van der Waals surface area contributed by atoms with Gasteiger partial charge in [0.1, 0.15) is 0 Å². The normalized spacial score (nSPS) is 21.1. The lowest BCUT2D eigenvalue weighted by Gasteiger charge is -2.30. The molecule has 2 rings (SSSR count). The summed E-state index contributed by atoms with van der Waals surface area (Å²) in [5, 5.41) is 8.89. The lowest BCUT2D eigenvalue weighted by molar-refractivity contribution is -0.139. The molecule has 0 bridgehead atoms. The number of hydrogen-bond donors (Lipinski definition) is 1. The average Bonchev–Trinajstić information content (AvgIpc) is 2.70. The Kier molecular flexibility index (Phi) is 3.65. The van der Waals surface area contributed by atoms with E-state index in [9.17, 15) is 9.59 Å². The van der Waals surface area contributed by atoms with Crippen molar-refractivity contribution in [3.05, 3.63) is 35.9 Å². The second-order valence-electron chi connectivity index (χ2n) is 4.68. The fourth-order valence-corrected chi connectivity index (χ4v) is 2.59. The summed E-state index contributed by atoms with van der Waals surface area (Å²) in [6, 6.07) is 9.48. The summed E-state index contributed by atoms with van der Waals surface area (Å²) in [5.41, 5.74) is 1.04. The molecule has 1 N–H and O–H groups in total. The molecular weight excluding hydrogens is 230 g/mol. The molecule has 2 atom stereocenters. The Morgan fingerprint density at radius 1 is 1.44 bits per heavy atom. The van der Waals surface area contributed by atoms with E-state index >= 15 is 0 Å². The second kappa shape index (κ2) is 5.21. The molecule has 4 nitrogen and oxygen atoms in total. The van der Waals surface area contributed by atoms with Crippen LogP contribution in [0.25, 0.3) is 0 Å². The summed E-state index contributed by atoms with van der Waals surface area (Å²) in [5.74, 6) is -0.794. The van der Waals surface area contributed by atoms with E-state index in [1.807, 2.05) is 37.3 Å². The van der Waals surface area contributed by atoms with Crippen molar-refractivity contribution in [1.82, 2.24) is 4.90 Å². The highest BCUT2D eigenvalue weighted by atomic mass is 16.4. The van der Waals surface area contributed by atoms with Crippen molar-refractivity contribution in [2.24, 2.45) is 0 Å². The highest BCUT2D eigenvalue weighted by Crippen LogP contribution is 2.31. The minimum absolute atomic E-state index is 0.0307. The summed E-state index contributed by atoms with van der Waals surface area (Å²) in [4.78, 5) is 24.5. The van der Waals surface area contributed by atoms with Crippen molar-refractivity contribution in [2.45, 2.75) is 38.3 Å². The van der Waals surface area contributed by atoms with Gasteiger partial charge in [-0.15, -0.1) is 0 Å². The van der Waals surface area contributed by atoms with Crippen LogP contribution in [0.4, 0.5) is 0 Å². The van der Waals surface area contributed by atoms with Gasteiger partial charge in [0.2, 0.25) is 5.91 Å². The minimum Gasteiger partial charge on any atom is -0.481 e. The van der Waals surface area contributed by atoms with Crippen LogP contribution in [0.5, 0.6) is 0 Å². The lowest BCUT2D eigenvalue weighted by Crippen LogP contribution is -2.36. The van der Waals surface area contributed by atoms with Gasteiger partial charge in [0.25, 0.3) is 0 Å². The van der Waals surface area contributed by atoms with E-state index in [1.165, 1.54) is 0 Å². The number of likely N-dealkylation sites (tertiary alicyclic amines) is 1. The minimum atomic E-state index is -0.847. The molecule has 1 aromatic carbocycles. The molecule has 1 aromatic rings. The van der Waals surface area contributed by atoms with Crippen molar-refractivity contribution >= 4 is 11.9 Å². The van der Waals surface area contributed by atoms with Crippen LogP contribution in [0.2, 0.25) is 0 Å². The van der Waals surface area contributed by atoms with Gasteiger partial charge in [-0.25, -0.2) is 0 Å². The Morgan fingerprint density at radius 2 is 2.11 bits per heavy atom. The number of nitrogens with zero attached hydrogens (tertiary/aromatic N) is 1. The molecule has 1 amide bonds. The third-order valence-corrected chi connectivity index (χ3v) is 3.48. The Balaban J connectivity index is 2.18. The molecule has 1 aliphatic rings. The van der Waals surface area contributed by atoms with Gasteiger partial charge in [-0.05, 0) is 18.9 Å². The smallest absolute Gasteiger partial charge is 0.305 e. The van der Waals surface area contributed by atoms with Gasteiger partial charge in [0.15, 0.2) is 0 Å². The topological polar surface area (TPSA) is 57.6 Å². The van der Waals surface area contributed by atoms with E-state index in [-0.39, 0.29) is 24.4 Å². The maximum absolute atomic E-state index is 11.9. The zero-order chi connectivity index (χ0) is 13.1. The number of carbonyl (C=O) groups is 2. The molecule has 0 radical (unpaired) electrons. The largest absolute Gasteiger partial charge is 0.481 e. The Bertz CT molecular complexity index is 444. The van der Waals surface area contributed by atoms with E-state index in [4.69, 9.17) is 5.11 Å². The van der Waals surface area contributed by atoms with E-state index in [1.54, 1.807) is 4.90 Å². The number of benzene rings is 1. The SMILES string of the molecule is CC(c1ccccc1)N1C(=O)CCC1CC(=O)O. The number of carboxylic acids is 1. The molecule has 1 saturated heterocycles. The summed E-state index contributed by atoms with van der Waals surface area (Å²) in [6.07, 6.45) is 1.13. The van der Waals surface area contributed by atoms with Crippen molar-refractivity contribution in [2.75, 3.05) is 0 Å². The Hall–Kier alpha value is -1.84. The summed E-state index contributed by atoms with van der Waals surface area (Å²) < 4.78 is 0. The third-order valence-electron chi connectivity index (χ3n) is 3.48. The Labute approximate surface area is 106 Å². The molecule has 0 aromatic heterocycles. The van der Waals surface area contributed by atoms with E-state index in [2.05, 4.69) is 0 Å². The summed E-state index contributed by atoms with van der Waals surface area (Å²) in [6.45, 7) is 1.95. The van der Waals surface area contributed by atoms with E-state index in [0.717, 1.165) is 5.56 Å². The van der Waals surface area contributed by atoms with Gasteiger partial charge in [-0.1, -0.05) is 30.3 Å². The highest BCUT2D eigenvalue weighted by Gasteiger charge is 2.35. The molecule has 1 aliphatic heterocycles. The van der Waals surface area contributed by atoms with Crippen LogP contribution in [0.3, 0.4) is 0 Å². The molecule has 1 fully saturated rings. The first kappa shape index (κ1) is 12.6. The molecule has 96 valence electrons. The van der Waals surface area contributed by atoms with Crippen molar-refractivity contribution in [3.63, 3.8) is 0 Å². The number of carbonyl (C=O) groups excluding carboxylic acids is 1. The predicted octanol–water partition coefficient (Wildman–Crippen LogP) is 2.21. The first-order valence-corrected chi connectivity index (χ1v) is 6.17. The van der Waals surface area contributed by atoms with E-state index in [0.29, 0.717) is 12.8 Å². The molecule has 2 unspecified atom stereocenters. The first-order chi connectivity index (χ1) is 8.59. The average molecular weight is 247 g/mol. The molecule has 1 heterocycles. The standard InChI is InChI=1S/C14H17NO3/c1-10(11-5-3-2-4-6-11)15-12(9-14(17)18)7-8-13(15)16/h2-6,10,12H,7-9H2,1H3,(H,17,18). The highest BCUT2D eigenvalue weighted by molar-refractivity contribution is 5.80. The number of carboxylic acid groups (broad SMARTS) is 1. The third kappa shape index (κ3) is 2.53. The molecule has 0 saturated carbocycles. The second-order valence-corrected chi connectivity index (χ2v) is 4.68. The molecule has 18 heavy (non-hydrogen) atoms. The maximum Gasteiger partial charge on any atom is 0.305 e. The fourth-order valence-electron chi connectivity index (χ4n) is 2.59. The quantitative estimate of drug-likeness (QED) is 0.887. The van der Waals surface area contributed by atoms with Crippen molar-refractivity contribution in [3.8, 4) is 0 Å². The first-order valence-electron chi connectivity index (χ1n) is 6.17. The van der Waals surface area contributed by atoms with Gasteiger partial charge in [0, 0.05) is 12.5 Å². The number of aliphatic carboxylic acids is 1. The van der Waals surface area contributed by atoms with Crippen LogP contribution in [0.15, 0.2) is 30.3 Å². The zero-order valence-corrected chi connectivity index (χ0v) is 10.4. The molecule has 4 heteroatoms. The van der Waals surface area contributed by atoms with Gasteiger partial charge < -0.3 is 10.0 Å². The number of hydrogen-bond acceptors (Lipinski definition) is 2. The summed E-state index contributed by atoms with van der Waals surface area (Å²) >= 11 is 0. The lowest BCUT2D eigenvalue weighted by atomic mass is 10.0. The van der Waals surface area contributed by atoms with Gasteiger partial charge in [-0.2, -0.15) is 0 Å². The Morgan fingerprint density at radius 3 is 2.72 bits per heavy atom. The van der Waals surface area contributed by atoms with Crippen LogP contribution < -0.4 is 0 Å². The molecular formula is C14H17NO3. The molecule has 0 aliphatic carbocycles. The monoisotopic (exact) mass is 247 g/mol. The van der Waals surface area contributed by atoms with Gasteiger partial charge >= 0.3 is 5.97 Å². The number of rotatable bonds is 4. The van der Waals surface area contributed by atoms with Gasteiger partial charge in [-0.3, -0.25) is 9.59 Å². The molecule has 0 spiro atoms. The predicted molar refractivity (Wildman–Crippen MR) is 67.0 cm³/mol.